The van der Waals surface area contributed by atoms with Crippen LogP contribution < -0.4 is 9.62 Å². The summed E-state index contributed by atoms with van der Waals surface area (Å²) < 4.78 is 25.9. The maximum atomic E-state index is 12.2. The van der Waals surface area contributed by atoms with Gasteiger partial charge in [0.15, 0.2) is 5.13 Å². The Labute approximate surface area is 156 Å². The minimum absolute atomic E-state index is 0.114. The van der Waals surface area contributed by atoms with Gasteiger partial charge in [-0.1, -0.05) is 12.1 Å². The minimum atomic E-state index is -3.22. The SMILES string of the molecule is CCS(=O)(=O)N1CCc2cc(-c3csc(Nc4ccccn4)n3)ccc21. The van der Waals surface area contributed by atoms with Gasteiger partial charge in [0, 0.05) is 23.7 Å². The summed E-state index contributed by atoms with van der Waals surface area (Å²) in [5.74, 6) is 0.866. The molecule has 0 radical (unpaired) electrons. The van der Waals surface area contributed by atoms with Gasteiger partial charge in [-0.3, -0.25) is 4.31 Å². The Hall–Kier alpha value is -2.45. The molecule has 2 aromatic heterocycles. The maximum Gasteiger partial charge on any atom is 0.234 e. The van der Waals surface area contributed by atoms with Gasteiger partial charge in [-0.25, -0.2) is 18.4 Å². The zero-order valence-corrected chi connectivity index (χ0v) is 15.8. The van der Waals surface area contributed by atoms with E-state index in [1.54, 1.807) is 13.1 Å². The second-order valence-electron chi connectivity index (χ2n) is 5.94. The zero-order valence-electron chi connectivity index (χ0n) is 14.2. The zero-order chi connectivity index (χ0) is 18.1. The highest BCUT2D eigenvalue weighted by molar-refractivity contribution is 7.92. The largest absolute Gasteiger partial charge is 0.316 e. The fraction of sp³-hybridized carbons (Fsp3) is 0.222. The third-order valence-electron chi connectivity index (χ3n) is 4.33. The van der Waals surface area contributed by atoms with Crippen molar-refractivity contribution in [3.05, 3.63) is 53.5 Å². The number of aromatic nitrogens is 2. The van der Waals surface area contributed by atoms with E-state index in [9.17, 15) is 8.42 Å². The highest BCUT2D eigenvalue weighted by Gasteiger charge is 2.28. The molecule has 0 saturated heterocycles. The molecule has 4 rings (SSSR count). The van der Waals surface area contributed by atoms with Crippen LogP contribution in [-0.4, -0.2) is 30.7 Å². The monoisotopic (exact) mass is 386 g/mol. The van der Waals surface area contributed by atoms with Gasteiger partial charge in [0.1, 0.15) is 5.82 Å². The van der Waals surface area contributed by atoms with Gasteiger partial charge < -0.3 is 5.32 Å². The van der Waals surface area contributed by atoms with Crippen LogP contribution in [0.2, 0.25) is 0 Å². The topological polar surface area (TPSA) is 75.2 Å². The molecule has 0 fully saturated rings. The molecule has 134 valence electrons. The van der Waals surface area contributed by atoms with E-state index in [2.05, 4.69) is 15.3 Å². The Morgan fingerprint density at radius 1 is 1.27 bits per heavy atom. The Kier molecular flexibility index (Phi) is 4.37. The number of benzene rings is 1. The van der Waals surface area contributed by atoms with E-state index in [-0.39, 0.29) is 5.75 Å². The van der Waals surface area contributed by atoms with Gasteiger partial charge in [0.05, 0.1) is 17.1 Å². The number of sulfonamides is 1. The quantitative estimate of drug-likeness (QED) is 0.724. The number of anilines is 3. The van der Waals surface area contributed by atoms with Crippen LogP contribution in [0.3, 0.4) is 0 Å². The van der Waals surface area contributed by atoms with Crippen molar-refractivity contribution < 1.29 is 8.42 Å². The molecule has 1 N–H and O–H groups in total. The van der Waals surface area contributed by atoms with Crippen LogP contribution in [0.1, 0.15) is 12.5 Å². The normalized spacial score (nSPS) is 13.7. The minimum Gasteiger partial charge on any atom is -0.316 e. The number of pyridine rings is 1. The molecule has 8 heteroatoms. The van der Waals surface area contributed by atoms with Crippen molar-refractivity contribution in [3.8, 4) is 11.3 Å². The van der Waals surface area contributed by atoms with Crippen LogP contribution in [0.15, 0.2) is 48.0 Å². The van der Waals surface area contributed by atoms with Gasteiger partial charge in [-0.05, 0) is 43.2 Å². The van der Waals surface area contributed by atoms with E-state index in [0.29, 0.717) is 6.54 Å². The lowest BCUT2D eigenvalue weighted by molar-refractivity contribution is 0.593. The van der Waals surface area contributed by atoms with E-state index in [0.717, 1.165) is 39.9 Å². The van der Waals surface area contributed by atoms with Crippen LogP contribution in [0.5, 0.6) is 0 Å². The third kappa shape index (κ3) is 3.17. The number of nitrogens with one attached hydrogen (secondary N) is 1. The summed E-state index contributed by atoms with van der Waals surface area (Å²) in [7, 11) is -3.22. The van der Waals surface area contributed by atoms with Crippen molar-refractivity contribution in [1.82, 2.24) is 9.97 Å². The number of rotatable bonds is 5. The summed E-state index contributed by atoms with van der Waals surface area (Å²) in [5, 5.41) is 5.95. The summed E-state index contributed by atoms with van der Waals surface area (Å²) in [5.41, 5.74) is 3.70. The lowest BCUT2D eigenvalue weighted by atomic mass is 10.1. The van der Waals surface area contributed by atoms with Crippen molar-refractivity contribution in [1.29, 1.82) is 0 Å². The first-order valence-electron chi connectivity index (χ1n) is 8.34. The fourth-order valence-electron chi connectivity index (χ4n) is 2.99. The first-order chi connectivity index (χ1) is 12.6. The molecule has 0 atom stereocenters. The molecule has 0 saturated carbocycles. The van der Waals surface area contributed by atoms with Crippen LogP contribution in [0.4, 0.5) is 16.6 Å². The van der Waals surface area contributed by atoms with E-state index in [1.807, 2.05) is 41.8 Å². The molecule has 1 aliphatic rings. The van der Waals surface area contributed by atoms with E-state index in [4.69, 9.17) is 0 Å². The van der Waals surface area contributed by atoms with Crippen molar-refractivity contribution in [3.63, 3.8) is 0 Å². The van der Waals surface area contributed by atoms with Crippen molar-refractivity contribution in [2.75, 3.05) is 21.9 Å². The average molecular weight is 387 g/mol. The second-order valence-corrected chi connectivity index (χ2v) is 8.98. The van der Waals surface area contributed by atoms with E-state index < -0.39 is 10.0 Å². The van der Waals surface area contributed by atoms with Crippen LogP contribution in [0, 0.1) is 0 Å². The third-order valence-corrected chi connectivity index (χ3v) is 6.87. The standard InChI is InChI=1S/C18H18N4O2S2/c1-2-26(23,24)22-10-8-14-11-13(6-7-16(14)22)15-12-25-18(20-15)21-17-5-3-4-9-19-17/h3-7,9,11-12H,2,8,10H2,1H3,(H,19,20,21). The molecule has 0 spiro atoms. The Morgan fingerprint density at radius 3 is 2.92 bits per heavy atom. The van der Waals surface area contributed by atoms with E-state index >= 15 is 0 Å². The molecule has 0 unspecified atom stereocenters. The highest BCUT2D eigenvalue weighted by atomic mass is 32.2. The number of fused-ring (bicyclic) bond motifs is 1. The molecular weight excluding hydrogens is 368 g/mol. The lowest BCUT2D eigenvalue weighted by Crippen LogP contribution is -2.30. The Balaban J connectivity index is 1.59. The molecule has 3 heterocycles. The first-order valence-corrected chi connectivity index (χ1v) is 10.8. The van der Waals surface area contributed by atoms with Gasteiger partial charge in [-0.2, -0.15) is 0 Å². The molecule has 0 amide bonds. The summed E-state index contributed by atoms with van der Waals surface area (Å²) in [6.45, 7) is 2.19. The second kappa shape index (κ2) is 6.69. The van der Waals surface area contributed by atoms with Crippen LogP contribution in [-0.2, 0) is 16.4 Å². The van der Waals surface area contributed by atoms with Gasteiger partial charge in [0.2, 0.25) is 10.0 Å². The average Bonchev–Trinajstić information content (AvgIpc) is 3.29. The lowest BCUT2D eigenvalue weighted by Gasteiger charge is -2.18. The van der Waals surface area contributed by atoms with Gasteiger partial charge >= 0.3 is 0 Å². The molecular formula is C18H18N4O2S2. The van der Waals surface area contributed by atoms with Gasteiger partial charge in [-0.15, -0.1) is 11.3 Å². The molecule has 0 bridgehead atoms. The summed E-state index contributed by atoms with van der Waals surface area (Å²) in [6.07, 6.45) is 2.46. The smallest absolute Gasteiger partial charge is 0.234 e. The molecule has 6 nitrogen and oxygen atoms in total. The Morgan fingerprint density at radius 2 is 2.15 bits per heavy atom. The summed E-state index contributed by atoms with van der Waals surface area (Å²) >= 11 is 1.51. The predicted molar refractivity (Wildman–Crippen MR) is 106 cm³/mol. The highest BCUT2D eigenvalue weighted by Crippen LogP contribution is 2.35. The molecule has 0 aliphatic carbocycles. The number of hydrogen-bond donors (Lipinski definition) is 1. The summed E-state index contributed by atoms with van der Waals surface area (Å²) in [6, 6.07) is 11.5. The molecule has 3 aromatic rings. The number of thiazole rings is 1. The molecule has 1 aliphatic heterocycles. The van der Waals surface area contributed by atoms with Gasteiger partial charge in [0.25, 0.3) is 0 Å². The first kappa shape index (κ1) is 17.0. The van der Waals surface area contributed by atoms with Crippen LogP contribution >= 0.6 is 11.3 Å². The summed E-state index contributed by atoms with van der Waals surface area (Å²) in [4.78, 5) is 8.86. The number of hydrogen-bond acceptors (Lipinski definition) is 6. The number of nitrogens with zero attached hydrogens (tertiary/aromatic N) is 3. The van der Waals surface area contributed by atoms with Crippen molar-refractivity contribution in [2.24, 2.45) is 0 Å². The molecule has 1 aromatic carbocycles. The maximum absolute atomic E-state index is 12.2. The van der Waals surface area contributed by atoms with E-state index in [1.165, 1.54) is 15.6 Å². The molecule has 26 heavy (non-hydrogen) atoms. The van der Waals surface area contributed by atoms with Crippen molar-refractivity contribution in [2.45, 2.75) is 13.3 Å². The van der Waals surface area contributed by atoms with Crippen LogP contribution in [0.25, 0.3) is 11.3 Å². The van der Waals surface area contributed by atoms with Crippen molar-refractivity contribution >= 4 is 38.0 Å². The fourth-order valence-corrected chi connectivity index (χ4v) is 4.87. The Bertz CT molecular complexity index is 1030. The predicted octanol–water partition coefficient (Wildman–Crippen LogP) is 3.66.